The van der Waals surface area contributed by atoms with Gasteiger partial charge in [-0.25, -0.2) is 4.39 Å². The zero-order chi connectivity index (χ0) is 10.9. The molecule has 1 saturated heterocycles. The Balaban J connectivity index is 2.77. The average molecular weight is 201 g/mol. The number of alkyl halides is 1. The summed E-state index contributed by atoms with van der Waals surface area (Å²) in [5.41, 5.74) is -1.19. The smallest absolute Gasteiger partial charge is 0.149 e. The molecule has 0 aromatic heterocycles. The fraction of sp³-hybridized carbons (Fsp3) is 0.909. The largest absolute Gasteiger partial charge is 0.298 e. The topological polar surface area (TPSA) is 20.3 Å². The van der Waals surface area contributed by atoms with Crippen molar-refractivity contribution in [1.82, 2.24) is 4.90 Å². The normalized spacial score (nSPS) is 34.0. The van der Waals surface area contributed by atoms with Crippen molar-refractivity contribution in [3.05, 3.63) is 0 Å². The lowest BCUT2D eigenvalue weighted by Crippen LogP contribution is -2.40. The van der Waals surface area contributed by atoms with Gasteiger partial charge in [-0.05, 0) is 20.8 Å². The van der Waals surface area contributed by atoms with E-state index in [1.54, 1.807) is 6.92 Å². The molecule has 0 aromatic carbocycles. The molecule has 1 fully saturated rings. The van der Waals surface area contributed by atoms with Crippen LogP contribution in [0.15, 0.2) is 0 Å². The van der Waals surface area contributed by atoms with Gasteiger partial charge in [-0.2, -0.15) is 0 Å². The van der Waals surface area contributed by atoms with Crippen molar-refractivity contribution in [2.24, 2.45) is 0 Å². The van der Waals surface area contributed by atoms with Crippen molar-refractivity contribution in [1.29, 1.82) is 0 Å². The van der Waals surface area contributed by atoms with Gasteiger partial charge in [0.05, 0.1) is 6.04 Å². The number of likely N-dealkylation sites (tertiary alicyclic amines) is 1. The number of hydrogen-bond donors (Lipinski definition) is 0. The lowest BCUT2D eigenvalue weighted by atomic mass is 10.0. The first kappa shape index (κ1) is 11.6. The Morgan fingerprint density at radius 3 is 2.64 bits per heavy atom. The zero-order valence-electron chi connectivity index (χ0n) is 9.51. The van der Waals surface area contributed by atoms with E-state index >= 15 is 0 Å². The van der Waals surface area contributed by atoms with Crippen molar-refractivity contribution in [3.8, 4) is 0 Å². The van der Waals surface area contributed by atoms with Gasteiger partial charge in [-0.15, -0.1) is 0 Å². The minimum atomic E-state index is -1.19. The Morgan fingerprint density at radius 1 is 1.64 bits per heavy atom. The molecule has 0 amide bonds. The summed E-state index contributed by atoms with van der Waals surface area (Å²) in [4.78, 5) is 13.6. The molecule has 0 unspecified atom stereocenters. The first-order valence-electron chi connectivity index (χ1n) is 5.35. The van der Waals surface area contributed by atoms with Crippen LogP contribution >= 0.6 is 0 Å². The van der Waals surface area contributed by atoms with E-state index in [4.69, 9.17) is 0 Å². The number of carbonyl (C=O) groups is 1. The second-order valence-electron chi connectivity index (χ2n) is 4.72. The summed E-state index contributed by atoms with van der Waals surface area (Å²) in [5.74, 6) is 0.167. The zero-order valence-corrected chi connectivity index (χ0v) is 9.51. The molecule has 0 aromatic rings. The van der Waals surface area contributed by atoms with E-state index in [-0.39, 0.29) is 17.9 Å². The number of nitrogens with zero attached hydrogens (tertiary/aromatic N) is 1. The summed E-state index contributed by atoms with van der Waals surface area (Å²) in [6, 6.07) is 0.0445. The van der Waals surface area contributed by atoms with Gasteiger partial charge in [0.2, 0.25) is 0 Å². The number of ketones is 1. The van der Waals surface area contributed by atoms with Crippen LogP contribution in [0.5, 0.6) is 0 Å². The van der Waals surface area contributed by atoms with Gasteiger partial charge >= 0.3 is 0 Å². The first-order valence-corrected chi connectivity index (χ1v) is 5.35. The van der Waals surface area contributed by atoms with E-state index < -0.39 is 5.67 Å². The number of carbonyl (C=O) groups excluding carboxylic acids is 1. The lowest BCUT2D eigenvalue weighted by Gasteiger charge is -2.26. The summed E-state index contributed by atoms with van der Waals surface area (Å²) in [7, 11) is 0. The van der Waals surface area contributed by atoms with Crippen LogP contribution in [0.2, 0.25) is 0 Å². The Kier molecular flexibility index (Phi) is 3.30. The molecule has 2 atom stereocenters. The minimum absolute atomic E-state index is 0.167. The maximum Gasteiger partial charge on any atom is 0.149 e. The highest BCUT2D eigenvalue weighted by Crippen LogP contribution is 2.32. The number of halogens is 1. The fourth-order valence-electron chi connectivity index (χ4n) is 2.15. The van der Waals surface area contributed by atoms with E-state index in [1.165, 1.54) is 0 Å². The van der Waals surface area contributed by atoms with Crippen molar-refractivity contribution >= 4 is 5.78 Å². The Morgan fingerprint density at radius 2 is 2.21 bits per heavy atom. The van der Waals surface area contributed by atoms with Gasteiger partial charge < -0.3 is 0 Å². The monoisotopic (exact) mass is 201 g/mol. The molecule has 0 aliphatic carbocycles. The summed E-state index contributed by atoms with van der Waals surface area (Å²) in [6.45, 7) is 7.84. The van der Waals surface area contributed by atoms with Gasteiger partial charge in [0, 0.05) is 25.4 Å². The molecule has 0 bridgehead atoms. The number of hydrogen-bond acceptors (Lipinski definition) is 2. The molecule has 1 aliphatic rings. The van der Waals surface area contributed by atoms with Gasteiger partial charge in [0.15, 0.2) is 0 Å². The van der Waals surface area contributed by atoms with Crippen molar-refractivity contribution in [2.75, 3.05) is 6.54 Å². The third-order valence-corrected chi connectivity index (χ3v) is 2.91. The second-order valence-corrected chi connectivity index (χ2v) is 4.72. The van der Waals surface area contributed by atoms with Crippen LogP contribution in [0.4, 0.5) is 4.39 Å². The van der Waals surface area contributed by atoms with E-state index in [9.17, 15) is 9.18 Å². The molecular weight excluding hydrogens is 181 g/mol. The maximum absolute atomic E-state index is 13.8. The first-order chi connectivity index (χ1) is 6.37. The molecule has 2 nitrogen and oxygen atoms in total. The minimum Gasteiger partial charge on any atom is -0.298 e. The predicted molar refractivity (Wildman–Crippen MR) is 55.1 cm³/mol. The molecule has 1 aliphatic heterocycles. The van der Waals surface area contributed by atoms with Crippen molar-refractivity contribution < 1.29 is 9.18 Å². The van der Waals surface area contributed by atoms with Gasteiger partial charge in [0.1, 0.15) is 11.5 Å². The van der Waals surface area contributed by atoms with Crippen molar-refractivity contribution in [2.45, 2.75) is 58.3 Å². The van der Waals surface area contributed by atoms with Crippen LogP contribution in [-0.2, 0) is 4.79 Å². The SMILES string of the molecule is CCC(=O)[C@@H]1C[C@@](C)(F)CN1C(C)C. The Bertz CT molecular complexity index is 225. The van der Waals surface area contributed by atoms with E-state index in [0.717, 1.165) is 0 Å². The average Bonchev–Trinajstić information content (AvgIpc) is 2.40. The van der Waals surface area contributed by atoms with Crippen LogP contribution in [0.25, 0.3) is 0 Å². The van der Waals surface area contributed by atoms with Crippen LogP contribution < -0.4 is 0 Å². The maximum atomic E-state index is 13.8. The molecule has 3 heteroatoms. The summed E-state index contributed by atoms with van der Waals surface area (Å²) < 4.78 is 13.8. The van der Waals surface area contributed by atoms with Gasteiger partial charge in [-0.1, -0.05) is 6.92 Å². The molecule has 1 heterocycles. The Labute approximate surface area is 85.5 Å². The third-order valence-electron chi connectivity index (χ3n) is 2.91. The molecule has 0 spiro atoms. The van der Waals surface area contributed by atoms with Gasteiger partial charge in [0.25, 0.3) is 0 Å². The van der Waals surface area contributed by atoms with Crippen LogP contribution in [-0.4, -0.2) is 35.0 Å². The van der Waals surface area contributed by atoms with Crippen LogP contribution in [0.1, 0.15) is 40.5 Å². The second kappa shape index (κ2) is 3.97. The molecule has 0 radical (unpaired) electrons. The molecule has 82 valence electrons. The van der Waals surface area contributed by atoms with E-state index in [1.807, 2.05) is 25.7 Å². The highest BCUT2D eigenvalue weighted by molar-refractivity contribution is 5.84. The fourth-order valence-corrected chi connectivity index (χ4v) is 2.15. The lowest BCUT2D eigenvalue weighted by molar-refractivity contribution is -0.123. The van der Waals surface area contributed by atoms with E-state index in [2.05, 4.69) is 0 Å². The molecular formula is C11H20FNO. The summed E-state index contributed by atoms with van der Waals surface area (Å²) in [5, 5.41) is 0. The van der Waals surface area contributed by atoms with Crippen LogP contribution in [0.3, 0.4) is 0 Å². The number of rotatable bonds is 3. The Hall–Kier alpha value is -0.440. The highest BCUT2D eigenvalue weighted by Gasteiger charge is 2.44. The predicted octanol–water partition coefficient (Wildman–Crippen LogP) is 2.18. The molecule has 0 saturated carbocycles. The van der Waals surface area contributed by atoms with E-state index in [0.29, 0.717) is 19.4 Å². The molecule has 1 rings (SSSR count). The quantitative estimate of drug-likeness (QED) is 0.697. The van der Waals surface area contributed by atoms with Crippen LogP contribution in [0, 0.1) is 0 Å². The highest BCUT2D eigenvalue weighted by atomic mass is 19.1. The standard InChI is InChI=1S/C11H20FNO/c1-5-10(14)9-6-11(4,12)7-13(9)8(2)3/h8-9H,5-7H2,1-4H3/t9-,11+/m0/s1. The van der Waals surface area contributed by atoms with Gasteiger partial charge in [-0.3, -0.25) is 9.69 Å². The summed E-state index contributed by atoms with van der Waals surface area (Å²) >= 11 is 0. The van der Waals surface area contributed by atoms with Crippen molar-refractivity contribution in [3.63, 3.8) is 0 Å². The third kappa shape index (κ3) is 2.32. The molecule has 0 N–H and O–H groups in total. The molecule has 14 heavy (non-hydrogen) atoms. The number of Topliss-reactive ketones (excluding diaryl/α,β-unsaturated/α-hetero) is 1. The summed E-state index contributed by atoms with van der Waals surface area (Å²) in [6.07, 6.45) is 0.863.